The van der Waals surface area contributed by atoms with Crippen LogP contribution in [0.1, 0.15) is 26.5 Å². The molecule has 0 atom stereocenters. The highest BCUT2D eigenvalue weighted by molar-refractivity contribution is 9.10. The summed E-state index contributed by atoms with van der Waals surface area (Å²) in [7, 11) is 1.52. The summed E-state index contributed by atoms with van der Waals surface area (Å²) >= 11 is 3.28. The molecule has 0 unspecified atom stereocenters. The predicted octanol–water partition coefficient (Wildman–Crippen LogP) is 2.30. The first-order chi connectivity index (χ1) is 9.32. The van der Waals surface area contributed by atoms with E-state index in [1.54, 1.807) is 12.1 Å². The minimum absolute atomic E-state index is 0.238. The van der Waals surface area contributed by atoms with Crippen molar-refractivity contribution in [2.45, 2.75) is 26.2 Å². The molecular formula is C13H15BrN4O2. The molecule has 0 saturated heterocycles. The Kier molecular flexibility index (Phi) is 3.89. The van der Waals surface area contributed by atoms with Gasteiger partial charge in [0.25, 0.3) is 5.56 Å². The molecule has 20 heavy (non-hydrogen) atoms. The van der Waals surface area contributed by atoms with E-state index in [2.05, 4.69) is 36.1 Å². The lowest BCUT2D eigenvalue weighted by molar-refractivity contribution is 0.392. The monoisotopic (exact) mass is 338 g/mol. The van der Waals surface area contributed by atoms with Crippen molar-refractivity contribution in [3.05, 3.63) is 32.7 Å². The fourth-order valence-electron chi connectivity index (χ4n) is 1.63. The van der Waals surface area contributed by atoms with Gasteiger partial charge >= 0.3 is 0 Å². The highest BCUT2D eigenvalue weighted by Crippen LogP contribution is 2.26. The molecule has 106 valence electrons. The van der Waals surface area contributed by atoms with E-state index in [4.69, 9.17) is 4.74 Å². The first kappa shape index (κ1) is 14.6. The number of methoxy groups -OCH3 is 1. The molecule has 2 heterocycles. The van der Waals surface area contributed by atoms with Crippen LogP contribution in [-0.2, 0) is 5.41 Å². The van der Waals surface area contributed by atoms with Crippen LogP contribution in [-0.4, -0.2) is 27.3 Å². The van der Waals surface area contributed by atoms with E-state index in [0.29, 0.717) is 27.6 Å². The predicted molar refractivity (Wildman–Crippen MR) is 78.8 cm³/mol. The highest BCUT2D eigenvalue weighted by atomic mass is 79.9. The van der Waals surface area contributed by atoms with Crippen LogP contribution in [0.2, 0.25) is 0 Å². The van der Waals surface area contributed by atoms with E-state index in [1.807, 2.05) is 20.8 Å². The molecule has 2 rings (SSSR count). The molecule has 0 spiro atoms. The number of hydrogen-bond acceptors (Lipinski definition) is 5. The van der Waals surface area contributed by atoms with Gasteiger partial charge in [0.05, 0.1) is 12.8 Å². The zero-order valence-electron chi connectivity index (χ0n) is 11.7. The number of ether oxygens (including phenoxy) is 1. The first-order valence-corrected chi connectivity index (χ1v) is 6.80. The van der Waals surface area contributed by atoms with Gasteiger partial charge in [0, 0.05) is 11.5 Å². The number of hydrogen-bond donors (Lipinski definition) is 1. The molecule has 2 aromatic rings. The van der Waals surface area contributed by atoms with E-state index < -0.39 is 0 Å². The van der Waals surface area contributed by atoms with E-state index >= 15 is 0 Å². The second kappa shape index (κ2) is 5.32. The molecule has 0 radical (unpaired) electrons. The van der Waals surface area contributed by atoms with Gasteiger partial charge in [0.1, 0.15) is 10.2 Å². The minimum atomic E-state index is -0.262. The summed E-state index contributed by atoms with van der Waals surface area (Å²) in [4.78, 5) is 19.2. The Morgan fingerprint density at radius 3 is 2.45 bits per heavy atom. The maximum Gasteiger partial charge on any atom is 0.265 e. The summed E-state index contributed by atoms with van der Waals surface area (Å²) in [5, 5.41) is 7.86. The SMILES string of the molecule is COc1ccc(-c2nc(C(C)(C)C)c(Br)c(=O)[nH]2)nn1. The number of aromatic amines is 1. The van der Waals surface area contributed by atoms with Crippen LogP contribution in [0.3, 0.4) is 0 Å². The Balaban J connectivity index is 2.57. The quantitative estimate of drug-likeness (QED) is 0.908. The Labute approximate surface area is 124 Å². The molecule has 0 amide bonds. The average Bonchev–Trinajstić information content (AvgIpc) is 2.40. The number of halogens is 1. The molecule has 7 heteroatoms. The lowest BCUT2D eigenvalue weighted by atomic mass is 9.92. The number of rotatable bonds is 2. The van der Waals surface area contributed by atoms with Crippen LogP contribution in [0.5, 0.6) is 5.88 Å². The lowest BCUT2D eigenvalue weighted by Gasteiger charge is -2.19. The zero-order chi connectivity index (χ0) is 14.9. The topological polar surface area (TPSA) is 80.8 Å². The van der Waals surface area contributed by atoms with Gasteiger partial charge in [-0.2, -0.15) is 0 Å². The number of H-pyrrole nitrogens is 1. The van der Waals surface area contributed by atoms with Crippen molar-refractivity contribution in [3.8, 4) is 17.4 Å². The fraction of sp³-hybridized carbons (Fsp3) is 0.385. The van der Waals surface area contributed by atoms with Gasteiger partial charge in [0.15, 0.2) is 5.82 Å². The van der Waals surface area contributed by atoms with E-state index in [1.165, 1.54) is 7.11 Å². The van der Waals surface area contributed by atoms with Crippen molar-refractivity contribution in [1.82, 2.24) is 20.2 Å². The summed E-state index contributed by atoms with van der Waals surface area (Å²) in [6.45, 7) is 5.97. The second-order valence-corrected chi connectivity index (χ2v) is 6.08. The largest absolute Gasteiger partial charge is 0.480 e. The molecule has 1 N–H and O–H groups in total. The molecule has 0 aliphatic rings. The Morgan fingerprint density at radius 1 is 1.25 bits per heavy atom. The van der Waals surface area contributed by atoms with Crippen LogP contribution in [0.15, 0.2) is 21.4 Å². The second-order valence-electron chi connectivity index (χ2n) is 5.29. The van der Waals surface area contributed by atoms with Crippen LogP contribution in [0, 0.1) is 0 Å². The van der Waals surface area contributed by atoms with E-state index in [-0.39, 0.29) is 11.0 Å². The molecule has 6 nitrogen and oxygen atoms in total. The lowest BCUT2D eigenvalue weighted by Crippen LogP contribution is -2.22. The highest BCUT2D eigenvalue weighted by Gasteiger charge is 2.22. The van der Waals surface area contributed by atoms with Gasteiger partial charge in [-0.05, 0) is 22.0 Å². The van der Waals surface area contributed by atoms with Gasteiger partial charge in [-0.3, -0.25) is 4.79 Å². The number of nitrogens with one attached hydrogen (secondary N) is 1. The van der Waals surface area contributed by atoms with Gasteiger partial charge in [-0.25, -0.2) is 4.98 Å². The molecule has 0 saturated carbocycles. The first-order valence-electron chi connectivity index (χ1n) is 6.01. The van der Waals surface area contributed by atoms with Crippen molar-refractivity contribution in [1.29, 1.82) is 0 Å². The molecule has 0 aliphatic carbocycles. The van der Waals surface area contributed by atoms with Crippen LogP contribution < -0.4 is 10.3 Å². The van der Waals surface area contributed by atoms with Crippen molar-refractivity contribution in [2.24, 2.45) is 0 Å². The third-order valence-corrected chi connectivity index (χ3v) is 3.40. The molecule has 0 bridgehead atoms. The average molecular weight is 339 g/mol. The zero-order valence-corrected chi connectivity index (χ0v) is 13.3. The molecule has 2 aromatic heterocycles. The molecule has 0 aromatic carbocycles. The van der Waals surface area contributed by atoms with Crippen LogP contribution >= 0.6 is 15.9 Å². The van der Waals surface area contributed by atoms with Crippen LogP contribution in [0.4, 0.5) is 0 Å². The summed E-state index contributed by atoms with van der Waals surface area (Å²) in [6, 6.07) is 3.37. The van der Waals surface area contributed by atoms with E-state index in [0.717, 1.165) is 0 Å². The van der Waals surface area contributed by atoms with Gasteiger partial charge in [-0.15, -0.1) is 10.2 Å². The number of aromatic nitrogens is 4. The fourth-order valence-corrected chi connectivity index (χ4v) is 2.41. The maximum absolute atomic E-state index is 12.0. The van der Waals surface area contributed by atoms with Crippen molar-refractivity contribution in [2.75, 3.05) is 7.11 Å². The minimum Gasteiger partial charge on any atom is -0.480 e. The number of nitrogens with zero attached hydrogens (tertiary/aromatic N) is 3. The summed E-state index contributed by atoms with van der Waals surface area (Å²) in [6.07, 6.45) is 0. The third-order valence-electron chi connectivity index (χ3n) is 2.67. The summed E-state index contributed by atoms with van der Waals surface area (Å²) in [5.74, 6) is 0.794. The Morgan fingerprint density at radius 2 is 1.95 bits per heavy atom. The standard InChI is InChI=1S/C13H15BrN4O2/c1-13(2,3)10-9(14)12(19)16-11(15-10)7-5-6-8(20-4)18-17-7/h5-6H,1-4H3,(H,15,16,19). The van der Waals surface area contributed by atoms with Crippen molar-refractivity contribution < 1.29 is 4.74 Å². The Bertz CT molecular complexity index is 674. The summed E-state index contributed by atoms with van der Waals surface area (Å²) in [5.41, 5.74) is 0.661. The molecule has 0 aliphatic heterocycles. The van der Waals surface area contributed by atoms with Crippen LogP contribution in [0.25, 0.3) is 11.5 Å². The van der Waals surface area contributed by atoms with Gasteiger partial charge < -0.3 is 9.72 Å². The van der Waals surface area contributed by atoms with Gasteiger partial charge in [-0.1, -0.05) is 20.8 Å². The summed E-state index contributed by atoms with van der Waals surface area (Å²) < 4.78 is 5.39. The normalized spacial score (nSPS) is 11.4. The third kappa shape index (κ3) is 2.87. The smallest absolute Gasteiger partial charge is 0.265 e. The van der Waals surface area contributed by atoms with Gasteiger partial charge in [0.2, 0.25) is 5.88 Å². The Hall–Kier alpha value is -1.76. The molecule has 0 fully saturated rings. The van der Waals surface area contributed by atoms with Crippen molar-refractivity contribution in [3.63, 3.8) is 0 Å². The molecular weight excluding hydrogens is 324 g/mol. The maximum atomic E-state index is 12.0. The van der Waals surface area contributed by atoms with E-state index in [9.17, 15) is 4.79 Å². The van der Waals surface area contributed by atoms with Crippen molar-refractivity contribution >= 4 is 15.9 Å².